The number of anilines is 2. The molecule has 6 aromatic carbocycles. The fraction of sp³-hybridized carbons (Fsp3) is 0.369. The number of aldehydes is 1. The van der Waals surface area contributed by atoms with Gasteiger partial charge in [0.25, 0.3) is 23.6 Å². The molecule has 21 heteroatoms. The molecule has 3 saturated heterocycles. The molecule has 0 spiro atoms. The van der Waals surface area contributed by atoms with Gasteiger partial charge < -0.3 is 46.3 Å². The van der Waals surface area contributed by atoms with Gasteiger partial charge in [-0.15, -0.1) is 0 Å². The van der Waals surface area contributed by atoms with Crippen LogP contribution >= 0.6 is 0 Å². The highest BCUT2D eigenvalue weighted by Crippen LogP contribution is 2.35. The standard InChI is InChI=1S/C45H56N8O3.C39H42N6O4/c1-5-41-39(42(49-37-16-22-56-23-17-37)40-29-48-53(6-2)43(40)50-41)28-47-45(55)36-13-8-12-35(26-36)44(54)46-27-32-15-14-31(3)38(25-32)34-11-7-10-33(24-34)30-52-19-9-18-51(4)20-21-52;1-4-35-33(36(43-31-14-16-49-17-15-31)34-23-42-45(5-2)37(34)44-35)22-41-39(48)30-11-7-10-29(20-30)38(47)40-21-26-13-12-25(3)32(19-26)28-9-6-8-27(18-28)24-46/h7-8,10-15,24-26,29,37H,5-6,9,16-23,27-28,30H2,1-4H3,(H,46,54)(H,47,55)(H,49,50);6-13,18-20,23-24,31H,4-5,14-17,21-22H2,1-3H3,(H,40,47)(H,41,48)(H,43,44). The zero-order valence-electron chi connectivity index (χ0n) is 61.6. The second-order valence-corrected chi connectivity index (χ2v) is 27.6. The summed E-state index contributed by atoms with van der Waals surface area (Å²) in [6.45, 7) is 23.3. The summed E-state index contributed by atoms with van der Waals surface area (Å²) in [5, 5.41) is 30.9. The Kier molecular flexibility index (Phi) is 25.0. The molecule has 0 atom stereocenters. The molecule has 4 aromatic heterocycles. The maximum Gasteiger partial charge on any atom is 0.251 e. The summed E-state index contributed by atoms with van der Waals surface area (Å²) in [6, 6.07) is 42.8. The zero-order chi connectivity index (χ0) is 73.3. The number of ether oxygens (including phenoxy) is 2. The van der Waals surface area contributed by atoms with Crippen molar-refractivity contribution in [3.05, 3.63) is 224 Å². The van der Waals surface area contributed by atoms with Gasteiger partial charge in [-0.2, -0.15) is 10.2 Å². The lowest BCUT2D eigenvalue weighted by Crippen LogP contribution is -2.30. The number of rotatable bonds is 25. The molecule has 0 unspecified atom stereocenters. The smallest absolute Gasteiger partial charge is 0.251 e. The Morgan fingerprint density at radius 2 is 0.943 bits per heavy atom. The molecule has 0 radical (unpaired) electrons. The number of fused-ring (bicyclic) bond motifs is 2. The molecule has 0 aliphatic carbocycles. The molecule has 0 bridgehead atoms. The van der Waals surface area contributed by atoms with E-state index in [0.29, 0.717) is 86.6 Å². The molecule has 6 N–H and O–H groups in total. The van der Waals surface area contributed by atoms with Crippen molar-refractivity contribution in [3.63, 3.8) is 0 Å². The fourth-order valence-corrected chi connectivity index (χ4v) is 14.2. The van der Waals surface area contributed by atoms with Crippen LogP contribution in [0.5, 0.6) is 0 Å². The maximum atomic E-state index is 13.6. The molecule has 0 saturated carbocycles. The minimum atomic E-state index is -0.279. The SMILES string of the molecule is CCc1nc2c(cnn2CC)c(NC2CCOCC2)c1CNC(=O)c1cccc(C(=O)NCc2ccc(C)c(-c3cccc(C=O)c3)c2)c1.CCc1nc2c(cnn2CC)c(NC2CCOCC2)c1CNC(=O)c1cccc(C(=O)NCc2ccc(C)c(-c3cccc(CN4CCCN(C)CC4)c3)c2)c1. The van der Waals surface area contributed by atoms with Crippen molar-refractivity contribution in [3.8, 4) is 22.3 Å². The number of carbonyl (C=O) groups excluding carboxylic acids is 5. The number of hydrogen-bond acceptors (Lipinski definition) is 15. The minimum absolute atomic E-state index is 0.231. The third kappa shape index (κ3) is 18.4. The first-order chi connectivity index (χ1) is 51.2. The van der Waals surface area contributed by atoms with Crippen LogP contribution in [0.25, 0.3) is 44.3 Å². The fourth-order valence-electron chi connectivity index (χ4n) is 14.2. The molecule has 13 rings (SSSR count). The average molecular weight is 1420 g/mol. The first-order valence-corrected chi connectivity index (χ1v) is 37.2. The van der Waals surface area contributed by atoms with Crippen LogP contribution in [0.3, 0.4) is 0 Å². The van der Waals surface area contributed by atoms with Crippen molar-refractivity contribution in [2.24, 2.45) is 0 Å². The molecule has 21 nitrogen and oxygen atoms in total. The Hall–Kier alpha value is -10.5. The maximum absolute atomic E-state index is 13.6. The van der Waals surface area contributed by atoms with Crippen molar-refractivity contribution >= 4 is 63.4 Å². The molecule has 546 valence electrons. The van der Waals surface area contributed by atoms with Gasteiger partial charge in [0.2, 0.25) is 0 Å². The molecule has 3 aliphatic rings. The van der Waals surface area contributed by atoms with Gasteiger partial charge in [0.1, 0.15) is 6.29 Å². The predicted molar refractivity (Wildman–Crippen MR) is 414 cm³/mol. The molecule has 4 amide bonds. The van der Waals surface area contributed by atoms with Crippen LogP contribution < -0.4 is 31.9 Å². The van der Waals surface area contributed by atoms with Crippen molar-refractivity contribution in [1.82, 2.24) is 60.6 Å². The summed E-state index contributed by atoms with van der Waals surface area (Å²) in [4.78, 5) is 80.0. The lowest BCUT2D eigenvalue weighted by molar-refractivity contribution is 0.0903. The Labute approximate surface area is 615 Å². The molecule has 3 aliphatic heterocycles. The zero-order valence-corrected chi connectivity index (χ0v) is 61.6. The van der Waals surface area contributed by atoms with Crippen molar-refractivity contribution in [1.29, 1.82) is 0 Å². The Balaban J connectivity index is 0.000000199. The first-order valence-electron chi connectivity index (χ1n) is 37.2. The summed E-state index contributed by atoms with van der Waals surface area (Å²) < 4.78 is 15.0. The van der Waals surface area contributed by atoms with Gasteiger partial charge in [-0.1, -0.05) is 86.6 Å². The second-order valence-electron chi connectivity index (χ2n) is 27.6. The van der Waals surface area contributed by atoms with Crippen LogP contribution in [0.1, 0.15) is 162 Å². The van der Waals surface area contributed by atoms with E-state index in [4.69, 9.17) is 19.4 Å². The number of carbonyl (C=O) groups is 5. The number of nitrogens with one attached hydrogen (secondary N) is 6. The summed E-state index contributed by atoms with van der Waals surface area (Å²) in [5.74, 6) is -1.04. The number of benzene rings is 6. The van der Waals surface area contributed by atoms with Gasteiger partial charge in [0.15, 0.2) is 11.3 Å². The summed E-state index contributed by atoms with van der Waals surface area (Å²) in [5.41, 5.74) is 19.4. The number of pyridine rings is 2. The lowest BCUT2D eigenvalue weighted by Gasteiger charge is -2.26. The third-order valence-corrected chi connectivity index (χ3v) is 20.3. The van der Waals surface area contributed by atoms with Crippen LogP contribution in [0.15, 0.2) is 146 Å². The topological polar surface area (TPSA) is 244 Å². The van der Waals surface area contributed by atoms with E-state index in [2.05, 4.69) is 129 Å². The Morgan fingerprint density at radius 3 is 1.40 bits per heavy atom. The monoisotopic (exact) mass is 1410 g/mol. The van der Waals surface area contributed by atoms with Crippen molar-refractivity contribution < 1.29 is 33.4 Å². The molecular formula is C84H98N14O7. The van der Waals surface area contributed by atoms with Gasteiger partial charge in [0.05, 0.1) is 34.5 Å². The van der Waals surface area contributed by atoms with E-state index in [1.54, 1.807) is 54.6 Å². The highest BCUT2D eigenvalue weighted by molar-refractivity contribution is 6.01. The Morgan fingerprint density at radius 1 is 0.495 bits per heavy atom. The Bertz CT molecular complexity index is 4740. The average Bonchev–Trinajstić information content (AvgIpc) is 1.66. The van der Waals surface area contributed by atoms with Gasteiger partial charge in [-0.05, 0) is 204 Å². The molecule has 3 fully saturated rings. The number of nitrogens with zero attached hydrogens (tertiary/aromatic N) is 8. The van der Waals surface area contributed by atoms with Gasteiger partial charge in [-0.3, -0.25) is 28.9 Å². The van der Waals surface area contributed by atoms with Gasteiger partial charge in [0, 0.05) is 148 Å². The van der Waals surface area contributed by atoms with E-state index in [0.717, 1.165) is 162 Å². The van der Waals surface area contributed by atoms with Gasteiger partial charge in [-0.25, -0.2) is 19.3 Å². The van der Waals surface area contributed by atoms with Crippen molar-refractivity contribution in [2.75, 3.05) is 70.3 Å². The first kappa shape index (κ1) is 74.3. The summed E-state index contributed by atoms with van der Waals surface area (Å²) >= 11 is 0. The number of aromatic nitrogens is 6. The van der Waals surface area contributed by atoms with E-state index in [9.17, 15) is 24.0 Å². The van der Waals surface area contributed by atoms with Crippen LogP contribution in [-0.2, 0) is 68.1 Å². The van der Waals surface area contributed by atoms with Crippen LogP contribution in [0.2, 0.25) is 0 Å². The predicted octanol–water partition coefficient (Wildman–Crippen LogP) is 12.8. The summed E-state index contributed by atoms with van der Waals surface area (Å²) in [6.07, 6.45) is 10.8. The molecule has 10 aromatic rings. The highest BCUT2D eigenvalue weighted by atomic mass is 16.5. The van der Waals surface area contributed by atoms with Crippen molar-refractivity contribution in [2.45, 2.75) is 144 Å². The summed E-state index contributed by atoms with van der Waals surface area (Å²) in [7, 11) is 2.20. The molecular weight excluding hydrogens is 1320 g/mol. The van der Waals surface area contributed by atoms with E-state index < -0.39 is 0 Å². The second kappa shape index (κ2) is 35.4. The minimum Gasteiger partial charge on any atom is -0.381 e. The van der Waals surface area contributed by atoms with E-state index >= 15 is 0 Å². The van der Waals surface area contributed by atoms with Crippen LogP contribution in [0, 0.1) is 13.8 Å². The molecule has 105 heavy (non-hydrogen) atoms. The number of hydrogen-bond donors (Lipinski definition) is 6. The lowest BCUT2D eigenvalue weighted by atomic mass is 9.96. The van der Waals surface area contributed by atoms with Crippen LogP contribution in [0.4, 0.5) is 11.4 Å². The molecule has 7 heterocycles. The van der Waals surface area contributed by atoms with Gasteiger partial charge >= 0.3 is 0 Å². The quantitative estimate of drug-likeness (QED) is 0.0291. The largest absolute Gasteiger partial charge is 0.381 e. The number of aryl methyl sites for hydroxylation is 6. The van der Waals surface area contributed by atoms with E-state index in [-0.39, 0.29) is 42.3 Å². The normalized spacial score (nSPS) is 14.6. The van der Waals surface area contributed by atoms with E-state index in [1.165, 1.54) is 28.7 Å². The third-order valence-electron chi connectivity index (χ3n) is 20.3. The van der Waals surface area contributed by atoms with Crippen LogP contribution in [-0.4, -0.2) is 141 Å². The number of likely N-dealkylation sites (N-methyl/N-ethyl adjacent to an activating group) is 1. The van der Waals surface area contributed by atoms with E-state index in [1.807, 2.05) is 72.0 Å². The highest BCUT2D eigenvalue weighted by Gasteiger charge is 2.26. The number of amides is 4.